The lowest BCUT2D eigenvalue weighted by Gasteiger charge is -2.11. The number of halogens is 1. The van der Waals surface area contributed by atoms with Gasteiger partial charge < -0.3 is 5.11 Å². The Morgan fingerprint density at radius 2 is 2.00 bits per heavy atom. The van der Waals surface area contributed by atoms with Gasteiger partial charge in [-0.1, -0.05) is 24.3 Å². The highest BCUT2D eigenvalue weighted by Gasteiger charge is 2.10. The van der Waals surface area contributed by atoms with Crippen LogP contribution in [0.15, 0.2) is 41.8 Å². The van der Waals surface area contributed by atoms with Crippen LogP contribution >= 0.6 is 33.9 Å². The molecule has 1 N–H and O–H groups in total. The fourth-order valence-corrected chi connectivity index (χ4v) is 3.11. The van der Waals surface area contributed by atoms with Crippen molar-refractivity contribution in [2.24, 2.45) is 0 Å². The van der Waals surface area contributed by atoms with Gasteiger partial charge in [0.1, 0.15) is 0 Å². The standard InChI is InChI=1S/C13H13IOS/c14-12-6-2-1-5-11(12)13(15)8-7-10-4-3-9-16-10/h1-6,9,13,15H,7-8H2. The number of aliphatic hydroxyl groups excluding tert-OH is 1. The van der Waals surface area contributed by atoms with Gasteiger partial charge in [0.15, 0.2) is 0 Å². The van der Waals surface area contributed by atoms with Crippen molar-refractivity contribution in [3.05, 3.63) is 55.8 Å². The van der Waals surface area contributed by atoms with Crippen LogP contribution in [-0.4, -0.2) is 5.11 Å². The van der Waals surface area contributed by atoms with E-state index in [1.54, 1.807) is 11.3 Å². The molecule has 0 amide bonds. The number of thiophene rings is 1. The SMILES string of the molecule is OC(CCc1cccs1)c1ccccc1I. The second-order valence-corrected chi connectivity index (χ2v) is 5.85. The van der Waals surface area contributed by atoms with E-state index in [1.165, 1.54) is 4.88 Å². The van der Waals surface area contributed by atoms with Gasteiger partial charge >= 0.3 is 0 Å². The van der Waals surface area contributed by atoms with E-state index in [2.05, 4.69) is 40.1 Å². The Kier molecular flexibility index (Phi) is 4.37. The smallest absolute Gasteiger partial charge is 0.0803 e. The predicted molar refractivity (Wildman–Crippen MR) is 76.8 cm³/mol. The van der Waals surface area contributed by atoms with E-state index in [1.807, 2.05) is 24.3 Å². The van der Waals surface area contributed by atoms with E-state index < -0.39 is 0 Å². The van der Waals surface area contributed by atoms with Gasteiger partial charge in [-0.05, 0) is 58.5 Å². The minimum absolute atomic E-state index is 0.352. The largest absolute Gasteiger partial charge is 0.388 e. The number of hydrogen-bond acceptors (Lipinski definition) is 2. The Morgan fingerprint density at radius 3 is 2.69 bits per heavy atom. The van der Waals surface area contributed by atoms with Crippen molar-refractivity contribution in [1.29, 1.82) is 0 Å². The van der Waals surface area contributed by atoms with E-state index in [0.717, 1.165) is 22.0 Å². The molecule has 2 rings (SSSR count). The maximum absolute atomic E-state index is 10.1. The highest BCUT2D eigenvalue weighted by molar-refractivity contribution is 14.1. The second-order valence-electron chi connectivity index (χ2n) is 3.66. The van der Waals surface area contributed by atoms with E-state index in [9.17, 15) is 5.11 Å². The van der Waals surface area contributed by atoms with Crippen LogP contribution in [0.1, 0.15) is 23.0 Å². The first kappa shape index (κ1) is 12.1. The number of hydrogen-bond donors (Lipinski definition) is 1. The summed E-state index contributed by atoms with van der Waals surface area (Å²) in [4.78, 5) is 1.34. The van der Waals surface area contributed by atoms with Gasteiger partial charge in [-0.25, -0.2) is 0 Å². The molecule has 16 heavy (non-hydrogen) atoms. The van der Waals surface area contributed by atoms with Crippen LogP contribution in [0.3, 0.4) is 0 Å². The van der Waals surface area contributed by atoms with E-state index in [-0.39, 0.29) is 6.10 Å². The van der Waals surface area contributed by atoms with E-state index in [4.69, 9.17) is 0 Å². The molecule has 0 bridgehead atoms. The molecule has 0 radical (unpaired) electrons. The first-order valence-corrected chi connectivity index (χ1v) is 7.18. The topological polar surface area (TPSA) is 20.2 Å². The van der Waals surface area contributed by atoms with Crippen LogP contribution in [0.4, 0.5) is 0 Å². The number of aliphatic hydroxyl groups is 1. The summed E-state index contributed by atoms with van der Waals surface area (Å²) in [5, 5.41) is 12.2. The lowest BCUT2D eigenvalue weighted by molar-refractivity contribution is 0.167. The average molecular weight is 344 g/mol. The molecule has 2 aromatic rings. The number of aryl methyl sites for hydroxylation is 1. The van der Waals surface area contributed by atoms with Gasteiger partial charge in [0, 0.05) is 8.45 Å². The quantitative estimate of drug-likeness (QED) is 0.831. The summed E-state index contributed by atoms with van der Waals surface area (Å²) in [6.45, 7) is 0. The molecule has 0 aliphatic carbocycles. The van der Waals surface area contributed by atoms with Crippen molar-refractivity contribution < 1.29 is 5.11 Å². The molecule has 1 nitrogen and oxygen atoms in total. The van der Waals surface area contributed by atoms with Crippen molar-refractivity contribution in [1.82, 2.24) is 0 Å². The Labute approximate surface area is 113 Å². The van der Waals surface area contributed by atoms with Gasteiger partial charge in [-0.2, -0.15) is 0 Å². The monoisotopic (exact) mass is 344 g/mol. The first-order chi connectivity index (χ1) is 7.77. The van der Waals surface area contributed by atoms with E-state index >= 15 is 0 Å². The maximum Gasteiger partial charge on any atom is 0.0803 e. The molecule has 0 aliphatic rings. The molecule has 1 heterocycles. The maximum atomic E-state index is 10.1. The van der Waals surface area contributed by atoms with E-state index in [0.29, 0.717) is 0 Å². The van der Waals surface area contributed by atoms with Gasteiger partial charge in [-0.3, -0.25) is 0 Å². The summed E-state index contributed by atoms with van der Waals surface area (Å²) in [5.41, 5.74) is 1.04. The molecule has 84 valence electrons. The molecule has 0 spiro atoms. The Bertz CT molecular complexity index is 439. The van der Waals surface area contributed by atoms with Crippen LogP contribution in [0.2, 0.25) is 0 Å². The number of benzene rings is 1. The molecule has 0 saturated heterocycles. The Hall–Kier alpha value is -0.390. The summed E-state index contributed by atoms with van der Waals surface area (Å²) in [6, 6.07) is 12.2. The van der Waals surface area contributed by atoms with Crippen LogP contribution in [0.5, 0.6) is 0 Å². The molecule has 0 saturated carbocycles. The molecular formula is C13H13IOS. The summed E-state index contributed by atoms with van der Waals surface area (Å²) in [7, 11) is 0. The lowest BCUT2D eigenvalue weighted by atomic mass is 10.0. The summed E-state index contributed by atoms with van der Waals surface area (Å²) in [6.07, 6.45) is 1.39. The third-order valence-corrected chi connectivity index (χ3v) is 4.43. The lowest BCUT2D eigenvalue weighted by Crippen LogP contribution is -2.01. The average Bonchev–Trinajstić information content (AvgIpc) is 2.79. The molecule has 3 heteroatoms. The van der Waals surface area contributed by atoms with Crippen LogP contribution in [0, 0.1) is 3.57 Å². The zero-order valence-electron chi connectivity index (χ0n) is 8.77. The van der Waals surface area contributed by atoms with Gasteiger partial charge in [-0.15, -0.1) is 11.3 Å². The molecule has 1 aromatic carbocycles. The normalized spacial score (nSPS) is 12.6. The zero-order chi connectivity index (χ0) is 11.4. The molecule has 0 aliphatic heterocycles. The van der Waals surface area contributed by atoms with Crippen LogP contribution in [-0.2, 0) is 6.42 Å². The van der Waals surface area contributed by atoms with Crippen LogP contribution in [0.25, 0.3) is 0 Å². The zero-order valence-corrected chi connectivity index (χ0v) is 11.7. The fourth-order valence-electron chi connectivity index (χ4n) is 1.63. The summed E-state index contributed by atoms with van der Waals surface area (Å²) < 4.78 is 1.14. The molecule has 1 unspecified atom stereocenters. The molecular weight excluding hydrogens is 331 g/mol. The first-order valence-electron chi connectivity index (χ1n) is 5.22. The molecule has 1 aromatic heterocycles. The minimum Gasteiger partial charge on any atom is -0.388 e. The van der Waals surface area contributed by atoms with Gasteiger partial charge in [0.2, 0.25) is 0 Å². The van der Waals surface area contributed by atoms with Gasteiger partial charge in [0.25, 0.3) is 0 Å². The molecule has 0 fully saturated rings. The minimum atomic E-state index is -0.352. The van der Waals surface area contributed by atoms with Crippen molar-refractivity contribution in [3.8, 4) is 0 Å². The predicted octanol–water partition coefficient (Wildman–Crippen LogP) is 4.02. The van der Waals surface area contributed by atoms with Crippen molar-refractivity contribution in [2.75, 3.05) is 0 Å². The molecule has 1 atom stereocenters. The highest BCUT2D eigenvalue weighted by Crippen LogP contribution is 2.24. The third kappa shape index (κ3) is 3.06. The summed E-state index contributed by atoms with van der Waals surface area (Å²) in [5.74, 6) is 0. The highest BCUT2D eigenvalue weighted by atomic mass is 127. The van der Waals surface area contributed by atoms with Crippen LogP contribution < -0.4 is 0 Å². The fraction of sp³-hybridized carbons (Fsp3) is 0.231. The Morgan fingerprint density at radius 1 is 1.19 bits per heavy atom. The van der Waals surface area contributed by atoms with Crippen molar-refractivity contribution in [2.45, 2.75) is 18.9 Å². The van der Waals surface area contributed by atoms with Crippen molar-refractivity contribution in [3.63, 3.8) is 0 Å². The van der Waals surface area contributed by atoms with Gasteiger partial charge in [0.05, 0.1) is 6.10 Å². The number of rotatable bonds is 4. The summed E-state index contributed by atoms with van der Waals surface area (Å²) >= 11 is 4.02. The van der Waals surface area contributed by atoms with Crippen molar-refractivity contribution >= 4 is 33.9 Å². The second kappa shape index (κ2) is 5.80. The third-order valence-electron chi connectivity index (χ3n) is 2.51. The Balaban J connectivity index is 1.98.